The van der Waals surface area contributed by atoms with Crippen molar-refractivity contribution in [2.45, 2.75) is 44.1 Å². The summed E-state index contributed by atoms with van der Waals surface area (Å²) in [5.74, 6) is 0.549. The Labute approximate surface area is 104 Å². The SMILES string of the molecule is NCC1CN(C2CCCCC2)c2ccccc21. The Morgan fingerprint density at radius 3 is 2.65 bits per heavy atom. The van der Waals surface area contributed by atoms with E-state index in [1.165, 1.54) is 43.4 Å². The second kappa shape index (κ2) is 4.69. The van der Waals surface area contributed by atoms with E-state index >= 15 is 0 Å². The fourth-order valence-corrected chi connectivity index (χ4v) is 3.47. The molecule has 2 nitrogen and oxygen atoms in total. The van der Waals surface area contributed by atoms with Crippen molar-refractivity contribution in [3.63, 3.8) is 0 Å². The van der Waals surface area contributed by atoms with E-state index in [0.29, 0.717) is 5.92 Å². The fraction of sp³-hybridized carbons (Fsp3) is 0.600. The topological polar surface area (TPSA) is 29.3 Å². The highest BCUT2D eigenvalue weighted by Gasteiger charge is 2.32. The van der Waals surface area contributed by atoms with Crippen LogP contribution in [-0.4, -0.2) is 19.1 Å². The molecule has 0 spiro atoms. The van der Waals surface area contributed by atoms with Crippen molar-refractivity contribution in [1.82, 2.24) is 0 Å². The van der Waals surface area contributed by atoms with Crippen molar-refractivity contribution in [3.05, 3.63) is 29.8 Å². The van der Waals surface area contributed by atoms with E-state index in [0.717, 1.165) is 19.1 Å². The van der Waals surface area contributed by atoms with Gasteiger partial charge in [0.25, 0.3) is 0 Å². The summed E-state index contributed by atoms with van der Waals surface area (Å²) in [4.78, 5) is 2.63. The first kappa shape index (κ1) is 11.1. The molecule has 0 amide bonds. The average molecular weight is 230 g/mol. The van der Waals surface area contributed by atoms with E-state index in [1.807, 2.05) is 0 Å². The predicted molar refractivity (Wildman–Crippen MR) is 72.5 cm³/mol. The second-order valence-corrected chi connectivity index (χ2v) is 5.44. The van der Waals surface area contributed by atoms with Gasteiger partial charge in [-0.05, 0) is 24.5 Å². The summed E-state index contributed by atoms with van der Waals surface area (Å²) < 4.78 is 0. The van der Waals surface area contributed by atoms with E-state index in [-0.39, 0.29) is 0 Å². The Balaban J connectivity index is 1.87. The van der Waals surface area contributed by atoms with Crippen LogP contribution < -0.4 is 10.6 Å². The fourth-order valence-electron chi connectivity index (χ4n) is 3.47. The number of para-hydroxylation sites is 1. The summed E-state index contributed by atoms with van der Waals surface area (Å²) in [7, 11) is 0. The first-order valence-corrected chi connectivity index (χ1v) is 6.96. The molecule has 17 heavy (non-hydrogen) atoms. The molecule has 1 aliphatic carbocycles. The molecule has 1 aromatic rings. The Hall–Kier alpha value is -1.02. The maximum Gasteiger partial charge on any atom is 0.0405 e. The largest absolute Gasteiger partial charge is 0.368 e. The van der Waals surface area contributed by atoms with Gasteiger partial charge in [-0.1, -0.05) is 37.5 Å². The summed E-state index contributed by atoms with van der Waals surface area (Å²) in [6, 6.07) is 9.61. The highest BCUT2D eigenvalue weighted by molar-refractivity contribution is 5.61. The molecule has 1 heterocycles. The molecular weight excluding hydrogens is 208 g/mol. The first-order chi connectivity index (χ1) is 8.40. The number of nitrogens with zero attached hydrogens (tertiary/aromatic N) is 1. The normalized spacial score (nSPS) is 25.0. The third-order valence-electron chi connectivity index (χ3n) is 4.40. The number of benzene rings is 1. The van der Waals surface area contributed by atoms with Crippen LogP contribution in [0.5, 0.6) is 0 Å². The van der Waals surface area contributed by atoms with Crippen LogP contribution in [0, 0.1) is 0 Å². The standard InChI is InChI=1S/C15H22N2/c16-10-12-11-17(13-6-2-1-3-7-13)15-9-5-4-8-14(12)15/h4-5,8-9,12-13H,1-3,6-7,10-11,16H2. The van der Waals surface area contributed by atoms with Gasteiger partial charge in [0, 0.05) is 30.7 Å². The Morgan fingerprint density at radius 2 is 1.88 bits per heavy atom. The van der Waals surface area contributed by atoms with Gasteiger partial charge in [0.05, 0.1) is 0 Å². The molecule has 1 aliphatic heterocycles. The molecule has 1 aromatic carbocycles. The van der Waals surface area contributed by atoms with E-state index < -0.39 is 0 Å². The average Bonchev–Trinajstić information content (AvgIpc) is 2.78. The molecule has 2 heteroatoms. The van der Waals surface area contributed by atoms with Crippen molar-refractivity contribution in [3.8, 4) is 0 Å². The molecule has 3 rings (SSSR count). The van der Waals surface area contributed by atoms with Gasteiger partial charge in [-0.3, -0.25) is 0 Å². The highest BCUT2D eigenvalue weighted by atomic mass is 15.2. The molecule has 0 bridgehead atoms. The molecule has 0 radical (unpaired) electrons. The van der Waals surface area contributed by atoms with Gasteiger partial charge in [-0.25, -0.2) is 0 Å². The molecule has 92 valence electrons. The minimum Gasteiger partial charge on any atom is -0.368 e. The smallest absolute Gasteiger partial charge is 0.0405 e. The highest BCUT2D eigenvalue weighted by Crippen LogP contribution is 2.39. The predicted octanol–water partition coefficient (Wildman–Crippen LogP) is 2.88. The molecule has 1 atom stereocenters. The quantitative estimate of drug-likeness (QED) is 0.846. The molecule has 1 saturated carbocycles. The first-order valence-electron chi connectivity index (χ1n) is 6.96. The summed E-state index contributed by atoms with van der Waals surface area (Å²) in [6.45, 7) is 1.92. The zero-order valence-electron chi connectivity index (χ0n) is 10.4. The van der Waals surface area contributed by atoms with Crippen molar-refractivity contribution in [2.24, 2.45) is 5.73 Å². The number of rotatable bonds is 2. The van der Waals surface area contributed by atoms with Gasteiger partial charge in [0.15, 0.2) is 0 Å². The maximum absolute atomic E-state index is 5.91. The lowest BCUT2D eigenvalue weighted by Gasteiger charge is -2.33. The van der Waals surface area contributed by atoms with Crippen LogP contribution >= 0.6 is 0 Å². The minimum absolute atomic E-state index is 0.549. The van der Waals surface area contributed by atoms with Crippen LogP contribution in [0.2, 0.25) is 0 Å². The van der Waals surface area contributed by atoms with E-state index in [2.05, 4.69) is 29.2 Å². The third-order valence-corrected chi connectivity index (χ3v) is 4.40. The molecular formula is C15H22N2. The number of nitrogens with two attached hydrogens (primary N) is 1. The summed E-state index contributed by atoms with van der Waals surface area (Å²) in [5.41, 5.74) is 8.84. The molecule has 2 aliphatic rings. The molecule has 0 aromatic heterocycles. The lowest BCUT2D eigenvalue weighted by Crippen LogP contribution is -2.36. The minimum atomic E-state index is 0.549. The van der Waals surface area contributed by atoms with Crippen LogP contribution in [0.3, 0.4) is 0 Å². The van der Waals surface area contributed by atoms with E-state index in [1.54, 1.807) is 0 Å². The van der Waals surface area contributed by atoms with Gasteiger partial charge in [-0.15, -0.1) is 0 Å². The Morgan fingerprint density at radius 1 is 1.12 bits per heavy atom. The Kier molecular flexibility index (Phi) is 3.06. The number of fused-ring (bicyclic) bond motifs is 1. The lowest BCUT2D eigenvalue weighted by molar-refractivity contribution is 0.415. The van der Waals surface area contributed by atoms with Crippen molar-refractivity contribution in [1.29, 1.82) is 0 Å². The molecule has 1 fully saturated rings. The zero-order valence-corrected chi connectivity index (χ0v) is 10.4. The van der Waals surface area contributed by atoms with Crippen LogP contribution in [0.25, 0.3) is 0 Å². The molecule has 0 saturated heterocycles. The summed E-state index contributed by atoms with van der Waals surface area (Å²) in [5, 5.41) is 0. The van der Waals surface area contributed by atoms with Crippen LogP contribution in [0.4, 0.5) is 5.69 Å². The summed E-state index contributed by atoms with van der Waals surface area (Å²) in [6.07, 6.45) is 6.96. The van der Waals surface area contributed by atoms with Crippen LogP contribution in [0.1, 0.15) is 43.6 Å². The van der Waals surface area contributed by atoms with Gasteiger partial charge >= 0.3 is 0 Å². The number of hydrogen-bond acceptors (Lipinski definition) is 2. The van der Waals surface area contributed by atoms with Crippen molar-refractivity contribution < 1.29 is 0 Å². The second-order valence-electron chi connectivity index (χ2n) is 5.44. The van der Waals surface area contributed by atoms with E-state index in [4.69, 9.17) is 5.73 Å². The summed E-state index contributed by atoms with van der Waals surface area (Å²) >= 11 is 0. The van der Waals surface area contributed by atoms with Crippen molar-refractivity contribution >= 4 is 5.69 Å². The maximum atomic E-state index is 5.91. The van der Waals surface area contributed by atoms with Crippen LogP contribution in [0.15, 0.2) is 24.3 Å². The Bertz CT molecular complexity index is 382. The van der Waals surface area contributed by atoms with Crippen LogP contribution in [-0.2, 0) is 0 Å². The third kappa shape index (κ3) is 1.95. The van der Waals surface area contributed by atoms with Gasteiger partial charge in [0.1, 0.15) is 0 Å². The number of hydrogen-bond donors (Lipinski definition) is 1. The monoisotopic (exact) mass is 230 g/mol. The van der Waals surface area contributed by atoms with Gasteiger partial charge < -0.3 is 10.6 Å². The molecule has 1 unspecified atom stereocenters. The van der Waals surface area contributed by atoms with Gasteiger partial charge in [0.2, 0.25) is 0 Å². The van der Waals surface area contributed by atoms with Gasteiger partial charge in [-0.2, -0.15) is 0 Å². The van der Waals surface area contributed by atoms with E-state index in [9.17, 15) is 0 Å². The molecule has 2 N–H and O–H groups in total. The van der Waals surface area contributed by atoms with Crippen molar-refractivity contribution in [2.75, 3.05) is 18.0 Å². The zero-order chi connectivity index (χ0) is 11.7. The number of anilines is 1. The lowest BCUT2D eigenvalue weighted by atomic mass is 9.94.